The maximum atomic E-state index is 13.0. The van der Waals surface area contributed by atoms with Crippen molar-refractivity contribution in [3.05, 3.63) is 24.5 Å². The lowest BCUT2D eigenvalue weighted by Gasteiger charge is -2.56. The van der Waals surface area contributed by atoms with Crippen LogP contribution < -0.4 is 0 Å². The SMILES string of the molecule is C=C(OS(=O)(=O)C(F)(F)F)[C@H](C)C[C@H]1CC[C@@H]2O[C@@H](CCC(O)/C=C/[C@H](O[Si](C)(C)C(C)(C)C)[C@@H]3C[C@H]4CC[C@H](CCO[Si](CC)(CC)CC)O[C@@H]4[C@H](O[Si](C)(C)C(C)(C)C)[C@@H]3O[Si](C)(C)C(C)(C)C)C[C@]2(CI)O1. The second kappa shape index (κ2) is 25.8. The molecule has 1 N–H and O–H groups in total. The number of hydrogen-bond donors (Lipinski definition) is 1. The van der Waals surface area contributed by atoms with Gasteiger partial charge in [-0.25, -0.2) is 0 Å². The van der Waals surface area contributed by atoms with Crippen LogP contribution in [0.25, 0.3) is 0 Å². The molecule has 11 nitrogen and oxygen atoms in total. The third-order valence-corrected chi connectivity index (χ3v) is 39.5. The number of aliphatic hydroxyl groups is 1. The highest BCUT2D eigenvalue weighted by atomic mass is 127. The van der Waals surface area contributed by atoms with Crippen LogP contribution in [0.1, 0.15) is 154 Å². The Morgan fingerprint density at radius 3 is 1.85 bits per heavy atom. The summed E-state index contributed by atoms with van der Waals surface area (Å²) in [5.41, 5.74) is -6.17. The van der Waals surface area contributed by atoms with Gasteiger partial charge in [-0.15, -0.1) is 0 Å². The summed E-state index contributed by atoms with van der Waals surface area (Å²) in [6.07, 6.45) is 8.40. The smallest absolute Gasteiger partial charge is 0.417 e. The maximum absolute atomic E-state index is 13.0. The van der Waals surface area contributed by atoms with Crippen LogP contribution in [-0.4, -0.2) is 124 Å². The van der Waals surface area contributed by atoms with Crippen molar-refractivity contribution < 1.29 is 62.8 Å². The average molecular weight is 1270 g/mol. The van der Waals surface area contributed by atoms with Crippen molar-refractivity contribution in [2.24, 2.45) is 17.8 Å². The Morgan fingerprint density at radius 2 is 1.33 bits per heavy atom. The molecule has 3 saturated heterocycles. The highest BCUT2D eigenvalue weighted by Crippen LogP contribution is 2.51. The molecule has 0 amide bonds. The van der Waals surface area contributed by atoms with Gasteiger partial charge in [-0.05, 0) is 136 Å². The zero-order valence-corrected chi connectivity index (χ0v) is 56.8. The van der Waals surface area contributed by atoms with Crippen LogP contribution in [-0.2, 0) is 46.2 Å². The minimum absolute atomic E-state index is 0.0571. The molecule has 75 heavy (non-hydrogen) atoms. The van der Waals surface area contributed by atoms with Gasteiger partial charge in [0.05, 0.1) is 54.9 Å². The molecule has 4 rings (SSSR count). The number of fused-ring (bicyclic) bond motifs is 2. The van der Waals surface area contributed by atoms with Crippen LogP contribution in [0, 0.1) is 17.8 Å². The monoisotopic (exact) mass is 1270 g/mol. The molecule has 3 aliphatic heterocycles. The summed E-state index contributed by atoms with van der Waals surface area (Å²) in [5, 5.41) is 11.7. The summed E-state index contributed by atoms with van der Waals surface area (Å²) < 4.78 is 118. The number of halogens is 4. The summed E-state index contributed by atoms with van der Waals surface area (Å²) in [5.74, 6) is -1.01. The van der Waals surface area contributed by atoms with Crippen molar-refractivity contribution in [3.63, 3.8) is 0 Å². The summed E-state index contributed by atoms with van der Waals surface area (Å²) in [6.45, 7) is 47.3. The van der Waals surface area contributed by atoms with Gasteiger partial charge in [-0.3, -0.25) is 0 Å². The lowest BCUT2D eigenvalue weighted by Crippen LogP contribution is -2.65. The fraction of sp³-hybridized carbons (Fsp3) is 0.927. The predicted molar refractivity (Wildman–Crippen MR) is 316 cm³/mol. The summed E-state index contributed by atoms with van der Waals surface area (Å²) in [4.78, 5) is 0. The Kier molecular flexibility index (Phi) is 23.4. The van der Waals surface area contributed by atoms with E-state index in [1.165, 1.54) is 0 Å². The van der Waals surface area contributed by atoms with Crippen LogP contribution in [0.3, 0.4) is 0 Å². The van der Waals surface area contributed by atoms with Crippen molar-refractivity contribution in [1.29, 1.82) is 0 Å². The maximum Gasteiger partial charge on any atom is 0.534 e. The normalized spacial score (nSPS) is 30.2. The van der Waals surface area contributed by atoms with Gasteiger partial charge in [0.1, 0.15) is 11.4 Å². The van der Waals surface area contributed by atoms with Gasteiger partial charge in [-0.2, -0.15) is 21.6 Å². The van der Waals surface area contributed by atoms with Crippen molar-refractivity contribution in [2.45, 2.75) is 293 Å². The summed E-state index contributed by atoms with van der Waals surface area (Å²) in [6, 6.07) is 3.38. The quantitative estimate of drug-likeness (QED) is 0.0178. The standard InChI is InChI=1S/C55H104F3IO11SSi4/c1-21-75(22-2,23-3)63-33-32-42-27-24-40-35-45(49(69-73(17,18)52(9,10)11)50(48(40)65-42)70-74(19,20)53(12,13)14)46(68-72(15,16)51(6,7)8)30-26-41(60)25-28-44-36-54(37-59)47(64-44)31-29-43(66-54)34-38(4)39(5)67-71(61,62)55(56,57)58/h26,30,38,40-50,60H,5,21-25,27-29,31-37H2,1-4,6-20H3/b30-26+/t38-,40-,41?,42-,43-,44+,45+,46+,47+,48+,49-,50+,54-/m1/s1. The van der Waals surface area contributed by atoms with Gasteiger partial charge < -0.3 is 41.2 Å². The van der Waals surface area contributed by atoms with Crippen LogP contribution in [0.15, 0.2) is 24.5 Å². The summed E-state index contributed by atoms with van der Waals surface area (Å²) in [7, 11) is -14.8. The van der Waals surface area contributed by atoms with E-state index in [9.17, 15) is 26.7 Å². The first-order chi connectivity index (χ1) is 34.1. The molecule has 0 bridgehead atoms. The number of allylic oxidation sites excluding steroid dienone is 1. The first kappa shape index (κ1) is 67.8. The summed E-state index contributed by atoms with van der Waals surface area (Å²) >= 11 is 2.31. The zero-order valence-electron chi connectivity index (χ0n) is 49.8. The molecule has 4 aliphatic rings. The van der Waals surface area contributed by atoms with E-state index in [0.29, 0.717) is 36.5 Å². The Hall–Kier alpha value is 0.298. The first-order valence-corrected chi connectivity index (χ1v) is 42.6. The van der Waals surface area contributed by atoms with E-state index in [2.05, 4.69) is 162 Å². The predicted octanol–water partition coefficient (Wildman–Crippen LogP) is 15.4. The first-order valence-electron chi connectivity index (χ1n) is 28.4. The van der Waals surface area contributed by atoms with Crippen molar-refractivity contribution >= 4 is 66.0 Å². The van der Waals surface area contributed by atoms with Gasteiger partial charge in [0.2, 0.25) is 0 Å². The van der Waals surface area contributed by atoms with Crippen LogP contribution in [0.4, 0.5) is 13.2 Å². The van der Waals surface area contributed by atoms with Crippen LogP contribution >= 0.6 is 22.6 Å². The number of aliphatic hydroxyl groups excluding tert-OH is 1. The molecular weight excluding hydrogens is 1160 g/mol. The Balaban J connectivity index is 1.64. The zero-order chi connectivity index (χ0) is 57.2. The molecule has 0 radical (unpaired) electrons. The number of rotatable bonds is 25. The fourth-order valence-electron chi connectivity index (χ4n) is 10.7. The third-order valence-electron chi connectivity index (χ3n) is 19.1. The van der Waals surface area contributed by atoms with Gasteiger partial charge in [-0.1, -0.05) is 131 Å². The van der Waals surface area contributed by atoms with E-state index < -0.39 is 72.3 Å². The fourth-order valence-corrected chi connectivity index (χ4v) is 18.8. The van der Waals surface area contributed by atoms with Crippen molar-refractivity contribution in [3.8, 4) is 0 Å². The van der Waals surface area contributed by atoms with Gasteiger partial charge in [0.25, 0.3) is 0 Å². The second-order valence-corrected chi connectivity index (χ2v) is 48.8. The van der Waals surface area contributed by atoms with Gasteiger partial charge in [0, 0.05) is 29.3 Å². The Labute approximate surface area is 471 Å². The van der Waals surface area contributed by atoms with Crippen LogP contribution in [0.5, 0.6) is 0 Å². The second-order valence-electron chi connectivity index (χ2n) is 27.5. The highest BCUT2D eigenvalue weighted by Gasteiger charge is 2.58. The molecule has 0 aromatic carbocycles. The third kappa shape index (κ3) is 17.0. The molecule has 0 spiro atoms. The minimum atomic E-state index is -5.81. The molecule has 1 aliphatic carbocycles. The number of ether oxygens (including phenoxy) is 3. The van der Waals surface area contributed by atoms with Crippen molar-refractivity contribution in [2.75, 3.05) is 11.0 Å². The largest absolute Gasteiger partial charge is 0.534 e. The highest BCUT2D eigenvalue weighted by molar-refractivity contribution is 14.1. The molecule has 1 saturated carbocycles. The number of hydrogen-bond acceptors (Lipinski definition) is 11. The van der Waals surface area contributed by atoms with E-state index in [0.717, 1.165) is 50.4 Å². The molecule has 0 aromatic heterocycles. The van der Waals surface area contributed by atoms with E-state index in [1.807, 2.05) is 6.08 Å². The minimum Gasteiger partial charge on any atom is -0.417 e. The van der Waals surface area contributed by atoms with E-state index in [4.69, 9.17) is 31.9 Å². The van der Waals surface area contributed by atoms with Crippen molar-refractivity contribution in [1.82, 2.24) is 0 Å². The van der Waals surface area contributed by atoms with Crippen LogP contribution in [0.2, 0.25) is 72.5 Å². The van der Waals surface area contributed by atoms with Gasteiger partial charge in [0.15, 0.2) is 33.3 Å². The van der Waals surface area contributed by atoms with E-state index >= 15 is 0 Å². The molecule has 4 fully saturated rings. The molecule has 440 valence electrons. The Bertz CT molecular complexity index is 1980. The molecule has 3 heterocycles. The number of alkyl halides is 4. The van der Waals surface area contributed by atoms with Gasteiger partial charge >= 0.3 is 15.6 Å². The molecular formula is C55H104F3IO11SSi4. The van der Waals surface area contributed by atoms with E-state index in [-0.39, 0.29) is 82.2 Å². The molecule has 13 atom stereocenters. The topological polar surface area (TPSA) is 128 Å². The van der Waals surface area contributed by atoms with E-state index in [1.54, 1.807) is 6.92 Å². The molecule has 0 aromatic rings. The Morgan fingerprint density at radius 1 is 0.787 bits per heavy atom. The average Bonchev–Trinajstić information content (AvgIpc) is 3.66. The molecule has 20 heteroatoms. The lowest BCUT2D eigenvalue weighted by atomic mass is 9.70. The lowest BCUT2D eigenvalue weighted by molar-refractivity contribution is -0.197. The molecule has 1 unspecified atom stereocenters.